The third kappa shape index (κ3) is 6.82. The number of halogens is 1. The number of hydrogen-bond donors (Lipinski definition) is 6. The highest BCUT2D eigenvalue weighted by molar-refractivity contribution is 7.66. The second kappa shape index (κ2) is 8.71. The Labute approximate surface area is 160 Å². The molecule has 0 spiro atoms. The van der Waals surface area contributed by atoms with Gasteiger partial charge in [-0.25, -0.2) is 18.1 Å². The van der Waals surface area contributed by atoms with E-state index in [1.54, 1.807) is 0 Å². The Hall–Kier alpha value is -0.860. The van der Waals surface area contributed by atoms with E-state index in [-0.39, 0.29) is 11.4 Å². The number of aliphatic hydroxyl groups is 1. The first-order chi connectivity index (χ1) is 13.1. The minimum absolute atomic E-state index is 0.0583. The van der Waals surface area contributed by atoms with Crippen molar-refractivity contribution in [2.24, 2.45) is 0 Å². The molecule has 1 fully saturated rings. The van der Waals surface area contributed by atoms with Crippen LogP contribution in [0.5, 0.6) is 0 Å². The SMILES string of the molecule is Cc1[nH]c(=O)cnc1[C@@H]1O[C@H](COP(=O)(O)OP(=O)(O)OP(=O)(O)O)C(O)[C@@H]1F. The van der Waals surface area contributed by atoms with Crippen molar-refractivity contribution in [3.63, 3.8) is 0 Å². The van der Waals surface area contributed by atoms with Crippen molar-refractivity contribution in [2.45, 2.75) is 31.4 Å². The monoisotopic (exact) mass is 484 g/mol. The van der Waals surface area contributed by atoms with Gasteiger partial charge in [-0.1, -0.05) is 0 Å². The average Bonchev–Trinajstić information content (AvgIpc) is 2.78. The van der Waals surface area contributed by atoms with Crippen LogP contribution in [0.15, 0.2) is 11.0 Å². The van der Waals surface area contributed by atoms with Crippen LogP contribution < -0.4 is 5.56 Å². The Kier molecular flexibility index (Phi) is 7.33. The molecular formula is C10H16FN2O13P3. The van der Waals surface area contributed by atoms with Crippen molar-refractivity contribution in [3.8, 4) is 0 Å². The van der Waals surface area contributed by atoms with Crippen molar-refractivity contribution >= 4 is 23.5 Å². The number of aromatic amines is 1. The Morgan fingerprint density at radius 1 is 1.21 bits per heavy atom. The molecule has 1 aromatic heterocycles. The summed E-state index contributed by atoms with van der Waals surface area (Å²) in [6, 6.07) is 0. The molecule has 1 aromatic rings. The highest BCUT2D eigenvalue weighted by Gasteiger charge is 2.48. The number of alkyl halides is 1. The number of rotatable bonds is 8. The summed E-state index contributed by atoms with van der Waals surface area (Å²) in [6.07, 6.45) is -6.17. The Bertz CT molecular complexity index is 949. The van der Waals surface area contributed by atoms with Gasteiger partial charge in [0, 0.05) is 5.69 Å². The maximum absolute atomic E-state index is 14.4. The number of phosphoric acid groups is 3. The van der Waals surface area contributed by atoms with Gasteiger partial charge in [-0.15, -0.1) is 0 Å². The van der Waals surface area contributed by atoms with Gasteiger partial charge in [-0.05, 0) is 6.92 Å². The zero-order chi connectivity index (χ0) is 22.2. The number of H-pyrrole nitrogens is 1. The molecule has 6 atom stereocenters. The quantitative estimate of drug-likeness (QED) is 0.257. The number of aryl methyl sites for hydroxylation is 1. The standard InChI is InChI=1S/C10H16FN2O13P3/c1-4-8(12-2-6(14)13-4)10-7(11)9(15)5(24-10)3-23-28(19,20)26-29(21,22)25-27(16,17)18/h2,5,7,9-10,15H,3H2,1H3,(H,13,14)(H,19,20)(H,21,22)(H2,16,17,18)/t5-,7+,9?,10-/m1/s1. The smallest absolute Gasteiger partial charge is 0.387 e. The summed E-state index contributed by atoms with van der Waals surface area (Å²) in [6.45, 7) is 0.357. The molecule has 1 aliphatic heterocycles. The fourth-order valence-corrected chi connectivity index (χ4v) is 5.37. The molecule has 2 heterocycles. The maximum atomic E-state index is 14.4. The second-order valence-corrected chi connectivity index (χ2v) is 10.1. The van der Waals surface area contributed by atoms with E-state index in [9.17, 15) is 32.9 Å². The van der Waals surface area contributed by atoms with E-state index < -0.39 is 60.1 Å². The van der Waals surface area contributed by atoms with Gasteiger partial charge in [0.25, 0.3) is 5.56 Å². The highest BCUT2D eigenvalue weighted by atomic mass is 31.3. The third-order valence-electron chi connectivity index (χ3n) is 3.42. The summed E-state index contributed by atoms with van der Waals surface area (Å²) in [5.74, 6) is 0. The van der Waals surface area contributed by atoms with Crippen LogP contribution in [0.25, 0.3) is 0 Å². The average molecular weight is 484 g/mol. The normalized spacial score (nSPS) is 29.3. The lowest BCUT2D eigenvalue weighted by molar-refractivity contribution is -0.0234. The van der Waals surface area contributed by atoms with Crippen LogP contribution >= 0.6 is 23.5 Å². The topological polar surface area (TPSA) is 235 Å². The largest absolute Gasteiger partial charge is 0.490 e. The molecule has 166 valence electrons. The van der Waals surface area contributed by atoms with Gasteiger partial charge in [0.2, 0.25) is 0 Å². The zero-order valence-corrected chi connectivity index (χ0v) is 16.9. The fraction of sp³-hybridized carbons (Fsp3) is 0.600. The van der Waals surface area contributed by atoms with E-state index in [0.717, 1.165) is 6.20 Å². The van der Waals surface area contributed by atoms with E-state index >= 15 is 0 Å². The first-order valence-electron chi connectivity index (χ1n) is 7.42. The van der Waals surface area contributed by atoms with Crippen LogP contribution in [0, 0.1) is 6.92 Å². The lowest BCUT2D eigenvalue weighted by Gasteiger charge is -2.19. The molecule has 6 N–H and O–H groups in total. The van der Waals surface area contributed by atoms with E-state index in [0.29, 0.717) is 0 Å². The number of hydrogen-bond acceptors (Lipinski definition) is 10. The molecule has 0 radical (unpaired) electrons. The minimum Gasteiger partial charge on any atom is -0.387 e. The van der Waals surface area contributed by atoms with Crippen molar-refractivity contribution in [1.29, 1.82) is 0 Å². The second-order valence-electron chi connectivity index (χ2n) is 5.67. The number of nitrogens with one attached hydrogen (secondary N) is 1. The van der Waals surface area contributed by atoms with Crippen LogP contribution in [0.2, 0.25) is 0 Å². The van der Waals surface area contributed by atoms with Gasteiger partial charge in [-0.3, -0.25) is 14.3 Å². The predicted molar refractivity (Wildman–Crippen MR) is 87.9 cm³/mol. The van der Waals surface area contributed by atoms with Gasteiger partial charge in [0.05, 0.1) is 18.5 Å². The van der Waals surface area contributed by atoms with Crippen LogP contribution in [-0.4, -0.2) is 59.6 Å². The molecule has 1 saturated heterocycles. The van der Waals surface area contributed by atoms with Crippen molar-refractivity contribution in [3.05, 3.63) is 27.9 Å². The van der Waals surface area contributed by atoms with Crippen LogP contribution in [-0.2, 0) is 31.6 Å². The van der Waals surface area contributed by atoms with E-state index in [1.165, 1.54) is 6.92 Å². The molecule has 15 nitrogen and oxygen atoms in total. The van der Waals surface area contributed by atoms with Crippen molar-refractivity contribution in [1.82, 2.24) is 9.97 Å². The first-order valence-corrected chi connectivity index (χ1v) is 11.9. The van der Waals surface area contributed by atoms with E-state index in [2.05, 4.69) is 23.1 Å². The van der Waals surface area contributed by atoms with Gasteiger partial charge in [0.15, 0.2) is 6.17 Å². The zero-order valence-electron chi connectivity index (χ0n) is 14.3. The Morgan fingerprint density at radius 2 is 1.83 bits per heavy atom. The van der Waals surface area contributed by atoms with E-state index in [1.807, 2.05) is 0 Å². The number of phosphoric ester groups is 1. The minimum atomic E-state index is -5.72. The van der Waals surface area contributed by atoms with Crippen LogP contribution in [0.4, 0.5) is 4.39 Å². The molecule has 0 amide bonds. The molecule has 29 heavy (non-hydrogen) atoms. The number of aromatic nitrogens is 2. The van der Waals surface area contributed by atoms with E-state index in [4.69, 9.17) is 19.4 Å². The summed E-state index contributed by atoms with van der Waals surface area (Å²) >= 11 is 0. The summed E-state index contributed by atoms with van der Waals surface area (Å²) < 4.78 is 64.3. The summed E-state index contributed by atoms with van der Waals surface area (Å²) in [5.41, 5.74) is -0.479. The first kappa shape index (κ1) is 24.4. The Morgan fingerprint density at radius 3 is 2.38 bits per heavy atom. The van der Waals surface area contributed by atoms with Gasteiger partial charge >= 0.3 is 23.5 Å². The molecule has 2 rings (SSSR count). The summed E-state index contributed by atoms with van der Waals surface area (Å²) in [4.78, 5) is 52.5. The van der Waals surface area contributed by atoms with Gasteiger partial charge in [-0.2, -0.15) is 8.62 Å². The highest BCUT2D eigenvalue weighted by Crippen LogP contribution is 2.66. The molecule has 1 aliphatic rings. The van der Waals surface area contributed by atoms with Gasteiger partial charge < -0.3 is 34.4 Å². The molecule has 0 saturated carbocycles. The fourth-order valence-electron chi connectivity index (χ4n) is 2.35. The molecule has 19 heteroatoms. The Balaban J connectivity index is 2.05. The predicted octanol–water partition coefficient (Wildman–Crippen LogP) is -0.439. The van der Waals surface area contributed by atoms with Crippen molar-refractivity contribution in [2.75, 3.05) is 6.61 Å². The number of ether oxygens (including phenoxy) is 1. The third-order valence-corrected chi connectivity index (χ3v) is 7.22. The maximum Gasteiger partial charge on any atom is 0.490 e. The number of aliphatic hydroxyl groups excluding tert-OH is 1. The summed E-state index contributed by atoms with van der Waals surface area (Å²) in [7, 11) is -16.7. The molecule has 3 unspecified atom stereocenters. The lowest BCUT2D eigenvalue weighted by atomic mass is 10.1. The summed E-state index contributed by atoms with van der Waals surface area (Å²) in [5, 5.41) is 9.89. The van der Waals surface area contributed by atoms with Crippen molar-refractivity contribution < 1.29 is 60.6 Å². The molecule has 0 aromatic carbocycles. The molecule has 0 bridgehead atoms. The van der Waals surface area contributed by atoms with Crippen LogP contribution in [0.1, 0.15) is 17.5 Å². The molecule has 0 aliphatic carbocycles. The van der Waals surface area contributed by atoms with Crippen LogP contribution in [0.3, 0.4) is 0 Å². The number of nitrogens with zero attached hydrogens (tertiary/aromatic N) is 1. The lowest BCUT2D eigenvalue weighted by Crippen LogP contribution is -2.31. The molecular weight excluding hydrogens is 468 g/mol. The van der Waals surface area contributed by atoms with Gasteiger partial charge in [0.1, 0.15) is 18.3 Å².